The molecule has 11 heteroatoms. The molecular formula is C45H51FO10. The second-order valence-corrected chi connectivity index (χ2v) is 14.2. The molecule has 3 aromatic carbocycles. The Balaban J connectivity index is 0.979. The number of carbonyl (C=O) groups excluding carboxylic acids is 4. The van der Waals surface area contributed by atoms with Crippen LogP contribution >= 0.6 is 0 Å². The zero-order valence-electron chi connectivity index (χ0n) is 32.1. The molecule has 2 aliphatic carbocycles. The molecule has 0 aliphatic heterocycles. The van der Waals surface area contributed by atoms with Gasteiger partial charge in [-0.1, -0.05) is 38.6 Å². The van der Waals surface area contributed by atoms with E-state index in [1.54, 1.807) is 30.3 Å². The molecule has 0 amide bonds. The van der Waals surface area contributed by atoms with Crippen LogP contribution in [-0.4, -0.2) is 56.4 Å². The maximum Gasteiger partial charge on any atom is 0.366 e. The lowest BCUT2D eigenvalue weighted by molar-refractivity contribution is -0.151. The van der Waals surface area contributed by atoms with E-state index < -0.39 is 29.7 Å². The number of esters is 4. The molecule has 298 valence electrons. The van der Waals surface area contributed by atoms with Gasteiger partial charge in [-0.15, -0.1) is 0 Å². The highest BCUT2D eigenvalue weighted by molar-refractivity contribution is 5.94. The molecule has 0 spiro atoms. The lowest BCUT2D eigenvalue weighted by Crippen LogP contribution is -2.22. The van der Waals surface area contributed by atoms with Crippen LogP contribution in [0.15, 0.2) is 85.2 Å². The normalized spacial score (nSPS) is 14.5. The molecular weight excluding hydrogens is 719 g/mol. The van der Waals surface area contributed by atoms with Crippen molar-refractivity contribution >= 4 is 23.9 Å². The molecule has 2 aliphatic rings. The fourth-order valence-electron chi connectivity index (χ4n) is 6.77. The molecule has 0 heterocycles. The Labute approximate surface area is 328 Å². The standard InChI is InChI=1S/C45H51FO10/c1-30(27-42(47)55-35-13-7-6-8-14-35)43(48)53-26-12-11-24-51-34-16-18-36(19-17-34)56-45(50)33-15-21-38-39-22-20-37(29-41(39)31(2)40(38)28-33)52-23-9-4-5-10-25-54-44(49)32(3)46/h15-22,28-29,31,35H,1,3-14,23-27H2,2H3. The molecule has 1 unspecified atom stereocenters. The van der Waals surface area contributed by atoms with E-state index in [1.165, 1.54) is 0 Å². The van der Waals surface area contributed by atoms with E-state index in [-0.39, 0.29) is 37.2 Å². The van der Waals surface area contributed by atoms with Crippen molar-refractivity contribution < 1.29 is 52.0 Å². The minimum absolute atomic E-state index is 0.0591. The Morgan fingerprint density at radius 3 is 1.91 bits per heavy atom. The van der Waals surface area contributed by atoms with Gasteiger partial charge in [0.25, 0.3) is 0 Å². The summed E-state index contributed by atoms with van der Waals surface area (Å²) in [6, 6.07) is 18.5. The summed E-state index contributed by atoms with van der Waals surface area (Å²) in [6.45, 7) is 10.0. The summed E-state index contributed by atoms with van der Waals surface area (Å²) in [6.07, 6.45) is 9.20. The van der Waals surface area contributed by atoms with E-state index in [0.717, 1.165) is 79.4 Å². The maximum atomic E-state index is 13.1. The van der Waals surface area contributed by atoms with Crippen LogP contribution in [0, 0.1) is 0 Å². The maximum absolute atomic E-state index is 13.1. The highest BCUT2D eigenvalue weighted by Crippen LogP contribution is 2.46. The van der Waals surface area contributed by atoms with E-state index in [4.69, 9.17) is 28.4 Å². The monoisotopic (exact) mass is 770 g/mol. The van der Waals surface area contributed by atoms with E-state index in [9.17, 15) is 23.6 Å². The Bertz CT molecular complexity index is 1860. The van der Waals surface area contributed by atoms with Gasteiger partial charge in [0.1, 0.15) is 23.4 Å². The van der Waals surface area contributed by atoms with Gasteiger partial charge in [0, 0.05) is 11.5 Å². The predicted octanol–water partition coefficient (Wildman–Crippen LogP) is 9.53. The van der Waals surface area contributed by atoms with E-state index in [0.29, 0.717) is 49.5 Å². The molecule has 0 saturated heterocycles. The number of carbonyl (C=O) groups is 4. The van der Waals surface area contributed by atoms with E-state index in [2.05, 4.69) is 32.2 Å². The van der Waals surface area contributed by atoms with Gasteiger partial charge in [0.05, 0.1) is 38.4 Å². The predicted molar refractivity (Wildman–Crippen MR) is 208 cm³/mol. The van der Waals surface area contributed by atoms with Crippen LogP contribution in [0.4, 0.5) is 4.39 Å². The SMILES string of the molecule is C=C(F)C(=O)OCCCCCCOc1ccc2c(c1)C(C)c1cc(C(=O)Oc3ccc(OCCCCOC(=O)C(=C)CC(=O)OC4CCCCC4)cc3)ccc1-2. The average molecular weight is 771 g/mol. The number of unbranched alkanes of at least 4 members (excludes halogenated alkanes) is 4. The van der Waals surface area contributed by atoms with Crippen molar-refractivity contribution in [1.82, 2.24) is 0 Å². The summed E-state index contributed by atoms with van der Waals surface area (Å²) < 4.78 is 45.6. The molecule has 0 N–H and O–H groups in total. The zero-order chi connectivity index (χ0) is 39.9. The number of halogens is 1. The molecule has 10 nitrogen and oxygen atoms in total. The Morgan fingerprint density at radius 1 is 0.661 bits per heavy atom. The molecule has 0 aromatic heterocycles. The lowest BCUT2D eigenvalue weighted by Gasteiger charge is -2.21. The van der Waals surface area contributed by atoms with Crippen molar-refractivity contribution in [2.45, 2.75) is 96.0 Å². The third-order valence-electron chi connectivity index (χ3n) is 9.87. The average Bonchev–Trinajstić information content (AvgIpc) is 3.47. The van der Waals surface area contributed by atoms with Gasteiger partial charge < -0.3 is 28.4 Å². The van der Waals surface area contributed by atoms with Crippen molar-refractivity contribution in [2.24, 2.45) is 0 Å². The van der Waals surface area contributed by atoms with Crippen LogP contribution in [0.25, 0.3) is 11.1 Å². The largest absolute Gasteiger partial charge is 0.494 e. The third-order valence-corrected chi connectivity index (χ3v) is 9.87. The number of benzene rings is 3. The first-order valence-electron chi connectivity index (χ1n) is 19.5. The summed E-state index contributed by atoms with van der Waals surface area (Å²) in [5.74, 6) is -1.75. The Hall–Kier alpha value is -5.45. The first-order valence-corrected chi connectivity index (χ1v) is 19.5. The van der Waals surface area contributed by atoms with Gasteiger partial charge >= 0.3 is 23.9 Å². The van der Waals surface area contributed by atoms with Crippen LogP contribution in [0.1, 0.15) is 111 Å². The molecule has 1 fully saturated rings. The van der Waals surface area contributed by atoms with Crippen LogP contribution in [0.2, 0.25) is 0 Å². The summed E-state index contributed by atoms with van der Waals surface area (Å²) >= 11 is 0. The van der Waals surface area contributed by atoms with Gasteiger partial charge in [-0.2, -0.15) is 4.39 Å². The number of rotatable bonds is 21. The Kier molecular flexibility index (Phi) is 15.7. The fourth-order valence-corrected chi connectivity index (χ4v) is 6.77. The van der Waals surface area contributed by atoms with Crippen LogP contribution in [0.3, 0.4) is 0 Å². The minimum Gasteiger partial charge on any atom is -0.494 e. The van der Waals surface area contributed by atoms with Gasteiger partial charge in [-0.05, 0) is 135 Å². The first kappa shape index (κ1) is 41.7. The van der Waals surface area contributed by atoms with E-state index >= 15 is 0 Å². The molecule has 0 radical (unpaired) electrons. The minimum atomic E-state index is -1.08. The number of hydrogen-bond donors (Lipinski definition) is 0. The lowest BCUT2D eigenvalue weighted by atomic mass is 9.98. The van der Waals surface area contributed by atoms with Crippen LogP contribution in [0.5, 0.6) is 17.2 Å². The number of fused-ring (bicyclic) bond motifs is 3. The van der Waals surface area contributed by atoms with Crippen LogP contribution < -0.4 is 14.2 Å². The zero-order valence-corrected chi connectivity index (χ0v) is 32.1. The summed E-state index contributed by atoms with van der Waals surface area (Å²) in [5, 5.41) is 0. The number of ether oxygens (including phenoxy) is 6. The second-order valence-electron chi connectivity index (χ2n) is 14.2. The smallest absolute Gasteiger partial charge is 0.366 e. The first-order chi connectivity index (χ1) is 27.1. The molecule has 1 saturated carbocycles. The highest BCUT2D eigenvalue weighted by atomic mass is 19.1. The van der Waals surface area contributed by atoms with Gasteiger partial charge in [-0.25, -0.2) is 14.4 Å². The molecule has 0 bridgehead atoms. The van der Waals surface area contributed by atoms with Crippen molar-refractivity contribution in [3.05, 3.63) is 102 Å². The summed E-state index contributed by atoms with van der Waals surface area (Å²) in [4.78, 5) is 48.6. The third kappa shape index (κ3) is 12.3. The molecule has 56 heavy (non-hydrogen) atoms. The van der Waals surface area contributed by atoms with Crippen LogP contribution in [-0.2, 0) is 28.6 Å². The second kappa shape index (κ2) is 21.0. The fraction of sp³-hybridized carbons (Fsp3) is 0.422. The summed E-state index contributed by atoms with van der Waals surface area (Å²) in [5.41, 5.74) is 4.90. The molecule has 3 aromatic rings. The van der Waals surface area contributed by atoms with Gasteiger partial charge in [-0.3, -0.25) is 4.79 Å². The Morgan fingerprint density at radius 2 is 1.21 bits per heavy atom. The number of hydrogen-bond acceptors (Lipinski definition) is 10. The van der Waals surface area contributed by atoms with Crippen molar-refractivity contribution in [3.8, 4) is 28.4 Å². The molecule has 1 atom stereocenters. The van der Waals surface area contributed by atoms with Gasteiger partial charge in [0.2, 0.25) is 5.83 Å². The van der Waals surface area contributed by atoms with Crippen molar-refractivity contribution in [1.29, 1.82) is 0 Å². The van der Waals surface area contributed by atoms with Crippen molar-refractivity contribution in [3.63, 3.8) is 0 Å². The summed E-state index contributed by atoms with van der Waals surface area (Å²) in [7, 11) is 0. The van der Waals surface area contributed by atoms with E-state index in [1.807, 2.05) is 18.2 Å². The molecule has 5 rings (SSSR count). The quantitative estimate of drug-likeness (QED) is 0.0340. The highest BCUT2D eigenvalue weighted by Gasteiger charge is 2.27. The van der Waals surface area contributed by atoms with Gasteiger partial charge in [0.15, 0.2) is 0 Å². The topological polar surface area (TPSA) is 124 Å². The van der Waals surface area contributed by atoms with Crippen molar-refractivity contribution in [2.75, 3.05) is 26.4 Å².